The maximum absolute atomic E-state index is 5.87. The van der Waals surface area contributed by atoms with E-state index in [2.05, 4.69) is 34.3 Å². The van der Waals surface area contributed by atoms with Gasteiger partial charge in [0.05, 0.1) is 5.76 Å². The Hall–Kier alpha value is -0.460. The zero-order valence-electron chi connectivity index (χ0n) is 9.65. The predicted molar refractivity (Wildman–Crippen MR) is 58.7 cm³/mol. The lowest BCUT2D eigenvalue weighted by Crippen LogP contribution is -2.27. The van der Waals surface area contributed by atoms with Crippen molar-refractivity contribution < 1.29 is 4.74 Å². The van der Waals surface area contributed by atoms with Gasteiger partial charge in [-0.25, -0.2) is 0 Å². The van der Waals surface area contributed by atoms with Crippen molar-refractivity contribution in [1.29, 1.82) is 0 Å². The maximum atomic E-state index is 5.87. The van der Waals surface area contributed by atoms with Crippen LogP contribution in [0, 0.1) is 0 Å². The van der Waals surface area contributed by atoms with Crippen LogP contribution in [-0.4, -0.2) is 5.60 Å². The normalized spacial score (nSPS) is 11.4. The molecule has 0 aromatic rings. The Morgan fingerprint density at radius 1 is 1.15 bits per heavy atom. The standard InChI is InChI=1S/C12H24O/c1-6-9-12(5,10-7-2)13-11(4)8-3/h4,6-10H2,1-3,5H3. The van der Waals surface area contributed by atoms with Crippen molar-refractivity contribution in [2.24, 2.45) is 0 Å². The number of hydrogen-bond acceptors (Lipinski definition) is 1. The molecule has 0 saturated carbocycles. The Balaban J connectivity index is 4.13. The smallest absolute Gasteiger partial charge is 0.106 e. The predicted octanol–water partition coefficient (Wildman–Crippen LogP) is 4.29. The third-order valence-electron chi connectivity index (χ3n) is 2.34. The molecule has 0 aromatic carbocycles. The van der Waals surface area contributed by atoms with Crippen molar-refractivity contribution in [3.05, 3.63) is 12.3 Å². The molecule has 78 valence electrons. The summed E-state index contributed by atoms with van der Waals surface area (Å²) in [6.07, 6.45) is 5.52. The van der Waals surface area contributed by atoms with Gasteiger partial charge in [0.2, 0.25) is 0 Å². The van der Waals surface area contributed by atoms with Crippen LogP contribution >= 0.6 is 0 Å². The van der Waals surface area contributed by atoms with Gasteiger partial charge in [-0.15, -0.1) is 0 Å². The van der Waals surface area contributed by atoms with E-state index in [4.69, 9.17) is 4.74 Å². The molecule has 0 rings (SSSR count). The van der Waals surface area contributed by atoms with Crippen LogP contribution in [-0.2, 0) is 4.74 Å². The van der Waals surface area contributed by atoms with Crippen LogP contribution in [0.3, 0.4) is 0 Å². The minimum atomic E-state index is 0.0244. The average molecular weight is 184 g/mol. The fraction of sp³-hybridized carbons (Fsp3) is 0.833. The van der Waals surface area contributed by atoms with Gasteiger partial charge in [-0.05, 0) is 19.8 Å². The molecular weight excluding hydrogens is 160 g/mol. The van der Waals surface area contributed by atoms with Crippen LogP contribution in [0.25, 0.3) is 0 Å². The second kappa shape index (κ2) is 6.06. The van der Waals surface area contributed by atoms with Gasteiger partial charge in [0.25, 0.3) is 0 Å². The molecule has 1 heteroatoms. The van der Waals surface area contributed by atoms with E-state index in [1.807, 2.05) is 0 Å². The van der Waals surface area contributed by atoms with Crippen molar-refractivity contribution in [1.82, 2.24) is 0 Å². The summed E-state index contributed by atoms with van der Waals surface area (Å²) in [4.78, 5) is 0. The van der Waals surface area contributed by atoms with Crippen molar-refractivity contribution in [2.45, 2.75) is 65.4 Å². The van der Waals surface area contributed by atoms with Gasteiger partial charge in [-0.3, -0.25) is 0 Å². The van der Waals surface area contributed by atoms with E-state index in [9.17, 15) is 0 Å². The lowest BCUT2D eigenvalue weighted by Gasteiger charge is -2.31. The Bertz CT molecular complexity index is 143. The molecular formula is C12H24O. The highest BCUT2D eigenvalue weighted by Crippen LogP contribution is 2.26. The lowest BCUT2D eigenvalue weighted by molar-refractivity contribution is -0.000457. The topological polar surface area (TPSA) is 9.23 Å². The molecule has 0 atom stereocenters. The second-order valence-corrected chi connectivity index (χ2v) is 3.94. The summed E-state index contributed by atoms with van der Waals surface area (Å²) >= 11 is 0. The molecule has 0 aliphatic heterocycles. The second-order valence-electron chi connectivity index (χ2n) is 3.94. The summed E-state index contributed by atoms with van der Waals surface area (Å²) in [5.74, 6) is 0.921. The summed E-state index contributed by atoms with van der Waals surface area (Å²) in [6.45, 7) is 12.6. The first-order valence-corrected chi connectivity index (χ1v) is 5.44. The number of ether oxygens (including phenoxy) is 1. The summed E-state index contributed by atoms with van der Waals surface area (Å²) in [7, 11) is 0. The van der Waals surface area contributed by atoms with Crippen molar-refractivity contribution in [3.63, 3.8) is 0 Å². The molecule has 0 aromatic heterocycles. The highest BCUT2D eigenvalue weighted by atomic mass is 16.5. The van der Waals surface area contributed by atoms with Crippen LogP contribution in [0.4, 0.5) is 0 Å². The quantitative estimate of drug-likeness (QED) is 0.536. The first kappa shape index (κ1) is 12.5. The number of hydrogen-bond donors (Lipinski definition) is 0. The summed E-state index contributed by atoms with van der Waals surface area (Å²) in [5.41, 5.74) is 0.0244. The molecule has 0 fully saturated rings. The van der Waals surface area contributed by atoms with Gasteiger partial charge in [0, 0.05) is 6.42 Å². The lowest BCUT2D eigenvalue weighted by atomic mass is 9.94. The molecule has 13 heavy (non-hydrogen) atoms. The van der Waals surface area contributed by atoms with E-state index in [1.54, 1.807) is 0 Å². The van der Waals surface area contributed by atoms with E-state index in [-0.39, 0.29) is 5.60 Å². The fourth-order valence-electron chi connectivity index (χ4n) is 1.71. The highest BCUT2D eigenvalue weighted by Gasteiger charge is 2.23. The molecule has 0 unspecified atom stereocenters. The SMILES string of the molecule is C=C(CC)OC(C)(CCC)CCC. The molecule has 0 N–H and O–H groups in total. The highest BCUT2D eigenvalue weighted by molar-refractivity contribution is 4.87. The molecule has 0 aliphatic carbocycles. The number of allylic oxidation sites excluding steroid dienone is 1. The third kappa shape index (κ3) is 4.97. The first-order chi connectivity index (χ1) is 6.08. The van der Waals surface area contributed by atoms with Crippen LogP contribution in [0.15, 0.2) is 12.3 Å². The van der Waals surface area contributed by atoms with Crippen molar-refractivity contribution >= 4 is 0 Å². The van der Waals surface area contributed by atoms with Crippen molar-refractivity contribution in [2.75, 3.05) is 0 Å². The molecule has 0 spiro atoms. The van der Waals surface area contributed by atoms with E-state index < -0.39 is 0 Å². The zero-order valence-corrected chi connectivity index (χ0v) is 9.65. The van der Waals surface area contributed by atoms with Gasteiger partial charge < -0.3 is 4.74 Å². The van der Waals surface area contributed by atoms with E-state index in [0.717, 1.165) is 25.0 Å². The molecule has 1 nitrogen and oxygen atoms in total. The molecule has 0 saturated heterocycles. The molecule has 0 amide bonds. The third-order valence-corrected chi connectivity index (χ3v) is 2.34. The molecule has 0 heterocycles. The van der Waals surface area contributed by atoms with E-state index in [0.29, 0.717) is 0 Å². The Kier molecular flexibility index (Phi) is 5.85. The van der Waals surface area contributed by atoms with E-state index in [1.165, 1.54) is 12.8 Å². The number of rotatable bonds is 7. The van der Waals surface area contributed by atoms with Gasteiger partial charge >= 0.3 is 0 Å². The largest absolute Gasteiger partial charge is 0.493 e. The summed E-state index contributed by atoms with van der Waals surface area (Å²) < 4.78 is 5.87. The molecule has 0 radical (unpaired) electrons. The Labute approximate surface area is 83.2 Å². The maximum Gasteiger partial charge on any atom is 0.106 e. The van der Waals surface area contributed by atoms with Crippen molar-refractivity contribution in [3.8, 4) is 0 Å². The Morgan fingerprint density at radius 2 is 1.62 bits per heavy atom. The van der Waals surface area contributed by atoms with Gasteiger partial charge in [-0.1, -0.05) is 40.2 Å². The first-order valence-electron chi connectivity index (χ1n) is 5.44. The van der Waals surface area contributed by atoms with Gasteiger partial charge in [-0.2, -0.15) is 0 Å². The van der Waals surface area contributed by atoms with Gasteiger partial charge in [0.15, 0.2) is 0 Å². The van der Waals surface area contributed by atoms with Crippen LogP contribution in [0.1, 0.15) is 59.8 Å². The average Bonchev–Trinajstić information content (AvgIpc) is 2.04. The van der Waals surface area contributed by atoms with Crippen LogP contribution < -0.4 is 0 Å². The summed E-state index contributed by atoms with van der Waals surface area (Å²) in [6, 6.07) is 0. The van der Waals surface area contributed by atoms with Gasteiger partial charge in [0.1, 0.15) is 5.60 Å². The van der Waals surface area contributed by atoms with Crippen LogP contribution in [0.5, 0.6) is 0 Å². The van der Waals surface area contributed by atoms with E-state index >= 15 is 0 Å². The zero-order chi connectivity index (χ0) is 10.3. The van der Waals surface area contributed by atoms with Crippen LogP contribution in [0.2, 0.25) is 0 Å². The summed E-state index contributed by atoms with van der Waals surface area (Å²) in [5, 5.41) is 0. The minimum Gasteiger partial charge on any atom is -0.493 e. The molecule has 0 bridgehead atoms. The Morgan fingerprint density at radius 3 is 1.92 bits per heavy atom. The minimum absolute atomic E-state index is 0.0244. The molecule has 0 aliphatic rings. The fourth-order valence-corrected chi connectivity index (χ4v) is 1.71. The monoisotopic (exact) mass is 184 g/mol.